The van der Waals surface area contributed by atoms with Crippen molar-refractivity contribution in [3.8, 4) is 34.6 Å². The Morgan fingerprint density at radius 3 is 1.83 bits per heavy atom. The Kier molecular flexibility index (Phi) is 35.9. The van der Waals surface area contributed by atoms with Gasteiger partial charge in [-0.15, -0.1) is 0 Å². The summed E-state index contributed by atoms with van der Waals surface area (Å²) in [5.74, 6) is 5.60. The van der Waals surface area contributed by atoms with Gasteiger partial charge in [-0.1, -0.05) is 100 Å². The van der Waals surface area contributed by atoms with Crippen LogP contribution in [0.2, 0.25) is 0 Å². The van der Waals surface area contributed by atoms with Gasteiger partial charge < -0.3 is 82.1 Å². The zero-order valence-corrected chi connectivity index (χ0v) is 84.0. The van der Waals surface area contributed by atoms with E-state index in [1.165, 1.54) is 38.4 Å². The van der Waals surface area contributed by atoms with Gasteiger partial charge in [0.15, 0.2) is 5.78 Å². The van der Waals surface area contributed by atoms with Crippen LogP contribution >= 0.6 is 0 Å². The van der Waals surface area contributed by atoms with Crippen LogP contribution in [0.3, 0.4) is 0 Å². The molecule has 7 heterocycles. The number of carbonyl (C=O) groups excluding carboxylic acids is 8. The molecule has 5 atom stereocenters. The van der Waals surface area contributed by atoms with Gasteiger partial charge in [0.05, 0.1) is 101 Å². The molecule has 144 heavy (non-hydrogen) atoms. The largest absolute Gasteiger partial charge is 0.489 e. The van der Waals surface area contributed by atoms with Crippen molar-refractivity contribution in [2.24, 2.45) is 5.41 Å². The number of alkyl halides is 6. The molecule has 6 aromatic carbocycles. The molecule has 6 amide bonds. The predicted molar refractivity (Wildman–Crippen MR) is 543 cm³/mol. The molecule has 1 aliphatic carbocycles. The number of likely N-dealkylation sites (tertiary alicyclic amines) is 3. The van der Waals surface area contributed by atoms with E-state index >= 15 is 0 Å². The lowest BCUT2D eigenvalue weighted by molar-refractivity contribution is -0.140. The summed E-state index contributed by atoms with van der Waals surface area (Å²) in [5.41, 5.74) is 9.71. The molecule has 1 saturated carbocycles. The van der Waals surface area contributed by atoms with E-state index in [-0.39, 0.29) is 125 Å². The predicted octanol–water partition coefficient (Wildman–Crippen LogP) is 18.4. The maximum atomic E-state index is 14.3. The van der Waals surface area contributed by atoms with Crippen LogP contribution in [0.1, 0.15) is 256 Å². The Morgan fingerprint density at radius 1 is 0.632 bits per heavy atom. The van der Waals surface area contributed by atoms with Gasteiger partial charge in [0.1, 0.15) is 40.5 Å². The summed E-state index contributed by atoms with van der Waals surface area (Å²) < 4.78 is 97.7. The topological polar surface area (TPSA) is 364 Å². The number of H-pyrrole nitrogens is 1. The number of nitrogens with zero attached hydrogens (tertiary/aromatic N) is 8. The van der Waals surface area contributed by atoms with Crippen molar-refractivity contribution in [2.75, 3.05) is 87.7 Å². The number of halogens is 6. The summed E-state index contributed by atoms with van der Waals surface area (Å²) in [4.78, 5) is 131. The molecule has 9 aromatic rings. The number of piperidine rings is 2. The number of unbranched alkanes of at least 4 members (excludes halogenated alkanes) is 4. The number of aromatic nitrogens is 5. The fourth-order valence-corrected chi connectivity index (χ4v) is 19.2. The van der Waals surface area contributed by atoms with Crippen LogP contribution in [-0.4, -0.2) is 200 Å². The highest BCUT2D eigenvalue weighted by atomic mass is 19.4. The molecule has 766 valence electrons. The lowest BCUT2D eigenvalue weighted by Gasteiger charge is -2.36. The number of rotatable bonds is 36. The smallest absolute Gasteiger partial charge is 0.421 e. The van der Waals surface area contributed by atoms with Crippen molar-refractivity contribution in [2.45, 2.75) is 246 Å². The molecule has 4 fully saturated rings. The molecule has 5 aliphatic rings. The number of β-amino-alcohol motifs (C(OH)–C–C–N with tert-alkyl or cyclic N) is 1. The number of aliphatic hydroxyl groups is 1. The molecule has 3 aromatic heterocycles. The third-order valence-corrected chi connectivity index (χ3v) is 26.8. The number of benzene rings is 6. The van der Waals surface area contributed by atoms with E-state index in [9.17, 15) is 69.8 Å². The summed E-state index contributed by atoms with van der Waals surface area (Å²) in [7, 11) is 2.89. The highest BCUT2D eigenvalue weighted by molar-refractivity contribution is 6.08. The number of nitrogens with one attached hydrogen (secondary N) is 10. The summed E-state index contributed by atoms with van der Waals surface area (Å²) in [6.45, 7) is 31.2. The minimum absolute atomic E-state index is 0.0434. The standard InChI is InChI=1S/C59H77F3N10O5.C50H55F3N8O6/c1-35(2)77-51-30-45(36(3)28-49(51)69-52-31-48(46(32-64-52)59(60,61)62)68-47-17-14-13-16-44(47)56(75)63-10)41-23-26-71(27-24-41)25-15-11-12-18-53(74)70-55(58(7,8)9)57(76)72-33-43(73)29-50(72)38(5)67-37(4)40-19-21-42(22-20-40)54-39(6)65-34-66-54;1-30(2)67-44-26-37(31(3)24-41(44)58-49-56-27-39(50(51,52)53)46(59-49)57-40-16-9-8-14-36(40)47(65)54-4)33-19-22-60(23-20-33)29-45(64)55-21-10-6-5-7-12-32-13-11-15-35-38(32)28-61(48(35)66)42-18-17-34(62)25-43(42)63/h13-14,16-17,19-22,28,30-32,34-35,37,41,43,50,55,67,73H,5,11-12,15,18,23-27,29,33H2,1-4,6-10H3,(H,63,75)(H,65,66)(H,70,74)(H2,64,68,69);8-9,11,13-16,24,26-27,30,33,42H,5-6,10,17-23,25,28-29H2,1-4H3,(H,54,65)(H,55,64)(H2,56,57,58,59)/t37-,43+,50-,55+;/m0./s1. The number of para-hydroxylation sites is 2. The first-order valence-electron chi connectivity index (χ1n) is 49.4. The minimum Gasteiger partial charge on any atom is -0.489 e. The number of hydrogen-bond donors (Lipinski definition) is 11. The number of aliphatic hydroxyl groups excluding tert-OH is 1. The molecule has 14 rings (SSSR count). The van der Waals surface area contributed by atoms with Crippen LogP contribution in [0.15, 0.2) is 152 Å². The summed E-state index contributed by atoms with van der Waals surface area (Å²) in [5, 5.41) is 37.2. The average Bonchev–Trinajstić information content (AvgIpc) is 1.59. The van der Waals surface area contributed by atoms with Gasteiger partial charge in [-0.05, 0) is 257 Å². The number of aryl methyl sites for hydroxylation is 3. The molecule has 29 nitrogen and oxygen atoms in total. The number of imidazole rings is 1. The molecular weight excluding hydrogens is 1850 g/mol. The third kappa shape index (κ3) is 27.8. The second-order valence-electron chi connectivity index (χ2n) is 39.3. The van der Waals surface area contributed by atoms with Crippen LogP contribution in [0.25, 0.3) is 11.3 Å². The molecule has 35 heteroatoms. The van der Waals surface area contributed by atoms with E-state index < -0.39 is 70.8 Å². The van der Waals surface area contributed by atoms with E-state index in [1.807, 2.05) is 131 Å². The number of amides is 6. The van der Waals surface area contributed by atoms with Crippen molar-refractivity contribution in [1.29, 1.82) is 0 Å². The normalized spacial score (nSPS) is 16.9. The van der Waals surface area contributed by atoms with Crippen molar-refractivity contribution in [1.82, 2.24) is 71.1 Å². The number of aromatic amines is 1. The molecule has 0 radical (unpaired) electrons. The van der Waals surface area contributed by atoms with Crippen molar-refractivity contribution in [3.63, 3.8) is 0 Å². The highest BCUT2D eigenvalue weighted by Crippen LogP contribution is 2.45. The second kappa shape index (κ2) is 48.1. The van der Waals surface area contributed by atoms with E-state index in [0.717, 1.165) is 146 Å². The van der Waals surface area contributed by atoms with Crippen LogP contribution in [0, 0.1) is 38.0 Å². The number of anilines is 8. The lowest BCUT2D eigenvalue weighted by Crippen LogP contribution is -2.56. The van der Waals surface area contributed by atoms with Crippen LogP contribution in [-0.2, 0) is 42.9 Å². The zero-order valence-electron chi connectivity index (χ0n) is 84.0. The number of ketones is 2. The van der Waals surface area contributed by atoms with Crippen LogP contribution in [0.4, 0.5) is 72.4 Å². The first-order valence-corrected chi connectivity index (χ1v) is 49.4. The van der Waals surface area contributed by atoms with E-state index in [1.54, 1.807) is 58.6 Å². The Morgan fingerprint density at radius 2 is 1.24 bits per heavy atom. The minimum atomic E-state index is -4.78. The molecule has 3 saturated heterocycles. The second-order valence-corrected chi connectivity index (χ2v) is 39.3. The molecule has 1 unspecified atom stereocenters. The Bertz CT molecular complexity index is 6190. The van der Waals surface area contributed by atoms with Gasteiger partial charge in [-0.25, -0.2) is 15.0 Å². The highest BCUT2D eigenvalue weighted by Gasteiger charge is 2.45. The van der Waals surface area contributed by atoms with E-state index in [4.69, 9.17) is 9.47 Å². The van der Waals surface area contributed by atoms with Crippen LogP contribution < -0.4 is 57.3 Å². The van der Waals surface area contributed by atoms with Crippen molar-refractivity contribution >= 4 is 93.0 Å². The first-order chi connectivity index (χ1) is 68.6. The Hall–Kier alpha value is -13.7. The SMILES string of the molecule is C=C(N[C@@H](C)c1ccc(-c2nc[nH]c2C)cc1)[C@@H]1C[C@@H](O)CN1C(=O)[C@@H](NC(=O)CCCCCN1CCC(c2cc(OC(C)C)c(Nc3cc(Nc4ccccc4C(=O)NC)c(C(F)(F)F)cn3)cc2C)CC1)C(C)(C)C.CNC(=O)c1ccccc1Nc1nc(Nc2cc(C)c(C3CCN(CC(=O)NCCCCC#Cc4cccc5c4CN(C4CCC(=O)CC4=O)C5=O)CC3)cc2OC(C)C)ncc1C(F)(F)F. The van der Waals surface area contributed by atoms with Crippen molar-refractivity contribution < 1.29 is 79.3 Å². The summed E-state index contributed by atoms with van der Waals surface area (Å²) in [6.07, 6.45) is 1.84. The summed E-state index contributed by atoms with van der Waals surface area (Å²) in [6, 6.07) is 33.3. The molecule has 11 N–H and O–H groups in total. The number of hydrogen-bond acceptors (Lipinski definition) is 22. The number of carbonyl (C=O) groups is 8. The zero-order chi connectivity index (χ0) is 104. The molecule has 4 aliphatic heterocycles. The van der Waals surface area contributed by atoms with E-state index in [0.29, 0.717) is 91.9 Å². The van der Waals surface area contributed by atoms with E-state index in [2.05, 4.69) is 101 Å². The fourth-order valence-electron chi connectivity index (χ4n) is 19.2. The lowest BCUT2D eigenvalue weighted by atomic mass is 9.85. The quantitative estimate of drug-likeness (QED) is 0.00752. The number of Topliss-reactive ketones (excluding diaryl/α,β-unsaturated/α-hetero) is 2. The van der Waals surface area contributed by atoms with Crippen LogP contribution in [0.5, 0.6) is 11.5 Å². The maximum Gasteiger partial charge on any atom is 0.421 e. The van der Waals surface area contributed by atoms with Crippen molar-refractivity contribution in [3.05, 3.63) is 225 Å². The molecular formula is C109H132F6N18O11. The number of fused-ring (bicyclic) bond motifs is 1. The van der Waals surface area contributed by atoms with Gasteiger partial charge in [0.2, 0.25) is 23.7 Å². The maximum absolute atomic E-state index is 14.3. The number of pyridine rings is 1. The fraction of sp³-hybridized carbons (Fsp3) is 0.450. The summed E-state index contributed by atoms with van der Waals surface area (Å²) >= 11 is 0. The number of ether oxygens (including phenoxy) is 2. The molecule has 0 spiro atoms. The van der Waals surface area contributed by atoms with Gasteiger partial charge in [0.25, 0.3) is 17.7 Å². The van der Waals surface area contributed by atoms with Gasteiger partial charge in [-0.2, -0.15) is 31.3 Å². The van der Waals surface area contributed by atoms with Gasteiger partial charge in [-0.3, -0.25) is 43.3 Å². The first kappa shape index (κ1) is 108. The average molecular weight is 1980 g/mol. The Balaban J connectivity index is 0.000000244. The molecule has 0 bridgehead atoms. The van der Waals surface area contributed by atoms with Gasteiger partial charge in [0, 0.05) is 112 Å². The Labute approximate surface area is 837 Å². The monoisotopic (exact) mass is 1980 g/mol. The van der Waals surface area contributed by atoms with Gasteiger partial charge >= 0.3 is 12.4 Å². The third-order valence-electron chi connectivity index (χ3n) is 26.8.